The second-order valence-corrected chi connectivity index (χ2v) is 6.31. The third kappa shape index (κ3) is 3.44. The number of fused-ring (bicyclic) bond motifs is 1. The third-order valence-electron chi connectivity index (χ3n) is 3.10. The Kier molecular flexibility index (Phi) is 4.21. The molecule has 0 saturated heterocycles. The van der Waals surface area contributed by atoms with E-state index in [1.54, 1.807) is 52.0 Å². The zero-order valence-electron chi connectivity index (χ0n) is 13.2. The van der Waals surface area contributed by atoms with Crippen LogP contribution in [0.3, 0.4) is 0 Å². The number of carbonyl (C=O) groups is 3. The van der Waals surface area contributed by atoms with Crippen molar-refractivity contribution in [1.29, 1.82) is 0 Å². The van der Waals surface area contributed by atoms with E-state index in [1.807, 2.05) is 0 Å². The Morgan fingerprint density at radius 2 is 1.68 bits per heavy atom. The number of hydrogen-bond acceptors (Lipinski definition) is 4. The highest BCUT2D eigenvalue weighted by molar-refractivity contribution is 6.21. The maximum absolute atomic E-state index is 12.2. The summed E-state index contributed by atoms with van der Waals surface area (Å²) in [6, 6.07) is 6.28. The number of rotatable bonds is 3. The van der Waals surface area contributed by atoms with Crippen LogP contribution in [-0.2, 0) is 4.74 Å². The molecule has 118 valence electrons. The van der Waals surface area contributed by atoms with Gasteiger partial charge in [0.15, 0.2) is 0 Å². The molecule has 6 heteroatoms. The molecular formula is C16H20N2O4. The minimum absolute atomic E-state index is 0.103. The van der Waals surface area contributed by atoms with Gasteiger partial charge in [0.2, 0.25) is 0 Å². The topological polar surface area (TPSA) is 75.7 Å². The average Bonchev–Trinajstić information content (AvgIpc) is 2.62. The highest BCUT2D eigenvalue weighted by Crippen LogP contribution is 2.22. The summed E-state index contributed by atoms with van der Waals surface area (Å²) < 4.78 is 5.15. The van der Waals surface area contributed by atoms with Crippen LogP contribution in [0.1, 0.15) is 48.4 Å². The van der Waals surface area contributed by atoms with Gasteiger partial charge in [-0.3, -0.25) is 14.5 Å². The standard InChI is InChI=1S/C16H20N2O4/c1-10(17-15(21)22-16(2,3)4)9-18-13(19)11-7-5-6-8-12(11)14(18)20/h5-8,10H,9H2,1-4H3,(H,17,21). The van der Waals surface area contributed by atoms with Gasteiger partial charge in [-0.2, -0.15) is 0 Å². The van der Waals surface area contributed by atoms with Gasteiger partial charge in [-0.1, -0.05) is 12.1 Å². The molecule has 0 radical (unpaired) electrons. The van der Waals surface area contributed by atoms with Crippen LogP contribution < -0.4 is 5.32 Å². The van der Waals surface area contributed by atoms with Gasteiger partial charge in [-0.25, -0.2) is 4.79 Å². The number of imide groups is 1. The van der Waals surface area contributed by atoms with Crippen molar-refractivity contribution in [3.8, 4) is 0 Å². The van der Waals surface area contributed by atoms with Crippen LogP contribution in [0.2, 0.25) is 0 Å². The van der Waals surface area contributed by atoms with Gasteiger partial charge in [0, 0.05) is 12.6 Å². The Balaban J connectivity index is 1.99. The van der Waals surface area contributed by atoms with Crippen molar-refractivity contribution >= 4 is 17.9 Å². The zero-order valence-corrected chi connectivity index (χ0v) is 13.2. The van der Waals surface area contributed by atoms with Crippen molar-refractivity contribution in [1.82, 2.24) is 10.2 Å². The molecule has 0 aromatic heterocycles. The third-order valence-corrected chi connectivity index (χ3v) is 3.10. The summed E-state index contributed by atoms with van der Waals surface area (Å²) in [6.07, 6.45) is -0.573. The SMILES string of the molecule is CC(CN1C(=O)c2ccccc2C1=O)NC(=O)OC(C)(C)C. The summed E-state index contributed by atoms with van der Waals surface area (Å²) in [6.45, 7) is 7.11. The highest BCUT2D eigenvalue weighted by atomic mass is 16.6. The van der Waals surface area contributed by atoms with E-state index in [4.69, 9.17) is 4.74 Å². The molecule has 0 fully saturated rings. The first-order valence-electron chi connectivity index (χ1n) is 7.14. The number of alkyl carbamates (subject to hydrolysis) is 1. The van der Waals surface area contributed by atoms with Gasteiger partial charge < -0.3 is 10.1 Å². The lowest BCUT2D eigenvalue weighted by Crippen LogP contribution is -2.45. The van der Waals surface area contributed by atoms with Crippen LogP contribution in [0.25, 0.3) is 0 Å². The smallest absolute Gasteiger partial charge is 0.407 e. The Morgan fingerprint density at radius 1 is 1.18 bits per heavy atom. The van der Waals surface area contributed by atoms with Crippen LogP contribution in [0.4, 0.5) is 4.79 Å². The quantitative estimate of drug-likeness (QED) is 0.869. The van der Waals surface area contributed by atoms with Crippen molar-refractivity contribution < 1.29 is 19.1 Å². The molecule has 3 amide bonds. The number of amides is 3. The molecule has 1 heterocycles. The van der Waals surface area contributed by atoms with Gasteiger partial charge in [0.1, 0.15) is 5.60 Å². The van der Waals surface area contributed by atoms with Crippen molar-refractivity contribution in [3.63, 3.8) is 0 Å². The molecule has 1 aliphatic rings. The van der Waals surface area contributed by atoms with E-state index in [0.717, 1.165) is 4.90 Å². The summed E-state index contributed by atoms with van der Waals surface area (Å²) in [4.78, 5) is 37.3. The number of nitrogens with zero attached hydrogens (tertiary/aromatic N) is 1. The normalized spacial score (nSPS) is 15.5. The molecule has 0 saturated carbocycles. The summed E-state index contributed by atoms with van der Waals surface area (Å²) in [7, 11) is 0. The molecule has 1 atom stereocenters. The Hall–Kier alpha value is -2.37. The Labute approximate surface area is 129 Å². The van der Waals surface area contributed by atoms with E-state index in [9.17, 15) is 14.4 Å². The molecule has 1 aromatic rings. The fraction of sp³-hybridized carbons (Fsp3) is 0.438. The molecule has 1 aliphatic heterocycles. The van der Waals surface area contributed by atoms with E-state index >= 15 is 0 Å². The summed E-state index contributed by atoms with van der Waals surface area (Å²) >= 11 is 0. The van der Waals surface area contributed by atoms with Crippen LogP contribution in [0.5, 0.6) is 0 Å². The van der Waals surface area contributed by atoms with Crippen molar-refractivity contribution in [2.75, 3.05) is 6.54 Å². The number of benzene rings is 1. The van der Waals surface area contributed by atoms with Crippen molar-refractivity contribution in [2.45, 2.75) is 39.3 Å². The molecule has 1 N–H and O–H groups in total. The van der Waals surface area contributed by atoms with Crippen LogP contribution in [0, 0.1) is 0 Å². The van der Waals surface area contributed by atoms with Crippen LogP contribution in [0.15, 0.2) is 24.3 Å². The van der Waals surface area contributed by atoms with Gasteiger partial charge in [-0.05, 0) is 39.8 Å². The van der Waals surface area contributed by atoms with E-state index < -0.39 is 17.7 Å². The molecule has 1 aromatic carbocycles. The second-order valence-electron chi connectivity index (χ2n) is 6.31. The second kappa shape index (κ2) is 5.79. The molecule has 0 aliphatic carbocycles. The molecule has 22 heavy (non-hydrogen) atoms. The van der Waals surface area contributed by atoms with Crippen molar-refractivity contribution in [2.24, 2.45) is 0 Å². The number of nitrogens with one attached hydrogen (secondary N) is 1. The molecule has 1 unspecified atom stereocenters. The fourth-order valence-electron chi connectivity index (χ4n) is 2.23. The Bertz CT molecular complexity index is 584. The van der Waals surface area contributed by atoms with Crippen LogP contribution >= 0.6 is 0 Å². The summed E-state index contributed by atoms with van der Waals surface area (Å²) in [5.74, 6) is -0.670. The monoisotopic (exact) mass is 304 g/mol. The molecular weight excluding hydrogens is 284 g/mol. The predicted molar refractivity (Wildman–Crippen MR) is 80.6 cm³/mol. The van der Waals surface area contributed by atoms with Gasteiger partial charge >= 0.3 is 6.09 Å². The van der Waals surface area contributed by atoms with E-state index in [-0.39, 0.29) is 18.4 Å². The largest absolute Gasteiger partial charge is 0.444 e. The lowest BCUT2D eigenvalue weighted by Gasteiger charge is -2.24. The first-order valence-corrected chi connectivity index (χ1v) is 7.14. The first-order chi connectivity index (χ1) is 10.2. The lowest BCUT2D eigenvalue weighted by molar-refractivity contribution is 0.0474. The number of carbonyl (C=O) groups excluding carboxylic acids is 3. The fourth-order valence-corrected chi connectivity index (χ4v) is 2.23. The van der Waals surface area contributed by atoms with E-state index in [0.29, 0.717) is 11.1 Å². The molecule has 0 spiro atoms. The highest BCUT2D eigenvalue weighted by Gasteiger charge is 2.36. The maximum Gasteiger partial charge on any atom is 0.407 e. The minimum atomic E-state index is -0.598. The van der Waals surface area contributed by atoms with E-state index in [1.165, 1.54) is 0 Å². The minimum Gasteiger partial charge on any atom is -0.444 e. The first kappa shape index (κ1) is 16.0. The average molecular weight is 304 g/mol. The van der Waals surface area contributed by atoms with Crippen LogP contribution in [-0.4, -0.2) is 41.0 Å². The summed E-state index contributed by atoms with van der Waals surface area (Å²) in [5, 5.41) is 2.62. The van der Waals surface area contributed by atoms with Gasteiger partial charge in [0.05, 0.1) is 11.1 Å². The predicted octanol–water partition coefficient (Wildman–Crippen LogP) is 2.20. The van der Waals surface area contributed by atoms with E-state index in [2.05, 4.69) is 5.32 Å². The van der Waals surface area contributed by atoms with Crippen molar-refractivity contribution in [3.05, 3.63) is 35.4 Å². The summed E-state index contributed by atoms with van der Waals surface area (Å²) in [5.41, 5.74) is 0.202. The molecule has 6 nitrogen and oxygen atoms in total. The number of ether oxygens (including phenoxy) is 1. The lowest BCUT2D eigenvalue weighted by atomic mass is 10.1. The van der Waals surface area contributed by atoms with Gasteiger partial charge in [0.25, 0.3) is 11.8 Å². The zero-order chi connectivity index (χ0) is 16.5. The molecule has 0 bridgehead atoms. The van der Waals surface area contributed by atoms with Gasteiger partial charge in [-0.15, -0.1) is 0 Å². The Morgan fingerprint density at radius 3 is 2.14 bits per heavy atom. The molecule has 2 rings (SSSR count). The maximum atomic E-state index is 12.2. The number of hydrogen-bond donors (Lipinski definition) is 1.